The van der Waals surface area contributed by atoms with E-state index in [2.05, 4.69) is 10.3 Å². The number of carbonyl (C=O) groups excluding carboxylic acids is 1. The number of nitrogens with zero attached hydrogens (tertiary/aromatic N) is 1. The number of benzene rings is 1. The van der Waals surface area contributed by atoms with E-state index in [4.69, 9.17) is 0 Å². The van der Waals surface area contributed by atoms with Crippen LogP contribution in [0.4, 0.5) is 5.82 Å². The predicted molar refractivity (Wildman–Crippen MR) is 62.0 cm³/mol. The van der Waals surface area contributed by atoms with Gasteiger partial charge in [-0.2, -0.15) is 0 Å². The van der Waals surface area contributed by atoms with E-state index in [1.807, 2.05) is 0 Å². The molecule has 0 unspecified atom stereocenters. The lowest BCUT2D eigenvalue weighted by atomic mass is 10.2. The molecular formula is C12H10N2O3. The van der Waals surface area contributed by atoms with E-state index in [-0.39, 0.29) is 17.1 Å². The van der Waals surface area contributed by atoms with Crippen LogP contribution in [0.15, 0.2) is 42.6 Å². The largest absolute Gasteiger partial charge is 0.508 e. The Morgan fingerprint density at radius 3 is 2.41 bits per heavy atom. The second-order valence-electron chi connectivity index (χ2n) is 3.41. The van der Waals surface area contributed by atoms with Crippen molar-refractivity contribution in [1.82, 2.24) is 4.98 Å². The summed E-state index contributed by atoms with van der Waals surface area (Å²) in [6.45, 7) is 0. The van der Waals surface area contributed by atoms with Gasteiger partial charge in [0.1, 0.15) is 17.3 Å². The molecule has 0 saturated carbocycles. The Bertz CT molecular complexity index is 520. The van der Waals surface area contributed by atoms with Crippen molar-refractivity contribution in [3.63, 3.8) is 0 Å². The monoisotopic (exact) mass is 230 g/mol. The molecule has 2 aromatic rings. The van der Waals surface area contributed by atoms with Gasteiger partial charge in [0.2, 0.25) is 0 Å². The Balaban J connectivity index is 2.20. The Labute approximate surface area is 97.4 Å². The highest BCUT2D eigenvalue weighted by Crippen LogP contribution is 2.20. The zero-order valence-electron chi connectivity index (χ0n) is 8.79. The fraction of sp³-hybridized carbons (Fsp3) is 0. The number of anilines is 1. The van der Waals surface area contributed by atoms with Gasteiger partial charge in [-0.25, -0.2) is 4.98 Å². The SMILES string of the molecule is O=C(Nc1ccccn1)c1cc(O)cc(O)c1. The molecule has 5 heteroatoms. The van der Waals surface area contributed by atoms with E-state index in [9.17, 15) is 15.0 Å². The second kappa shape index (κ2) is 4.52. The Morgan fingerprint density at radius 2 is 1.82 bits per heavy atom. The van der Waals surface area contributed by atoms with Crippen molar-refractivity contribution in [2.75, 3.05) is 5.32 Å². The highest BCUT2D eigenvalue weighted by Gasteiger charge is 2.09. The van der Waals surface area contributed by atoms with Crippen molar-refractivity contribution in [2.45, 2.75) is 0 Å². The molecule has 17 heavy (non-hydrogen) atoms. The molecule has 0 saturated heterocycles. The van der Waals surface area contributed by atoms with Gasteiger partial charge in [0.25, 0.3) is 5.91 Å². The van der Waals surface area contributed by atoms with E-state index >= 15 is 0 Å². The minimum Gasteiger partial charge on any atom is -0.508 e. The molecule has 0 aliphatic rings. The summed E-state index contributed by atoms with van der Waals surface area (Å²) in [5.41, 5.74) is 0.160. The summed E-state index contributed by atoms with van der Waals surface area (Å²) < 4.78 is 0. The normalized spacial score (nSPS) is 9.88. The summed E-state index contributed by atoms with van der Waals surface area (Å²) in [7, 11) is 0. The van der Waals surface area contributed by atoms with Crippen molar-refractivity contribution in [1.29, 1.82) is 0 Å². The van der Waals surface area contributed by atoms with Gasteiger partial charge >= 0.3 is 0 Å². The molecule has 1 aromatic carbocycles. The number of hydrogen-bond donors (Lipinski definition) is 3. The number of carbonyl (C=O) groups is 1. The molecule has 5 nitrogen and oxygen atoms in total. The van der Waals surface area contributed by atoms with Crippen molar-refractivity contribution in [3.8, 4) is 11.5 Å². The number of aromatic nitrogens is 1. The van der Waals surface area contributed by atoms with Crippen LogP contribution >= 0.6 is 0 Å². The number of rotatable bonds is 2. The molecule has 2 rings (SSSR count). The third-order valence-corrected chi connectivity index (χ3v) is 2.07. The molecule has 0 spiro atoms. The van der Waals surface area contributed by atoms with Crippen molar-refractivity contribution in [2.24, 2.45) is 0 Å². The van der Waals surface area contributed by atoms with Gasteiger partial charge in [-0.1, -0.05) is 6.07 Å². The summed E-state index contributed by atoms with van der Waals surface area (Å²) in [6.07, 6.45) is 1.55. The lowest BCUT2D eigenvalue weighted by Gasteiger charge is -2.05. The van der Waals surface area contributed by atoms with Crippen molar-refractivity contribution < 1.29 is 15.0 Å². The first-order chi connectivity index (χ1) is 8.15. The number of amides is 1. The maximum absolute atomic E-state index is 11.7. The van der Waals surface area contributed by atoms with Gasteiger partial charge in [0.15, 0.2) is 0 Å². The quantitative estimate of drug-likeness (QED) is 0.733. The van der Waals surface area contributed by atoms with Gasteiger partial charge in [-0.05, 0) is 24.3 Å². The minimum absolute atomic E-state index is 0.160. The molecule has 1 amide bonds. The fourth-order valence-electron chi connectivity index (χ4n) is 1.35. The van der Waals surface area contributed by atoms with Gasteiger partial charge in [0, 0.05) is 17.8 Å². The third-order valence-electron chi connectivity index (χ3n) is 2.07. The lowest BCUT2D eigenvalue weighted by Crippen LogP contribution is -2.12. The molecule has 0 aliphatic heterocycles. The standard InChI is InChI=1S/C12H10N2O3/c15-9-5-8(6-10(16)7-9)12(17)14-11-3-1-2-4-13-11/h1-7,15-16H,(H,13,14,17). The van der Waals surface area contributed by atoms with Crippen LogP contribution in [0.2, 0.25) is 0 Å². The first-order valence-electron chi connectivity index (χ1n) is 4.90. The topological polar surface area (TPSA) is 82.5 Å². The average molecular weight is 230 g/mol. The molecule has 0 aliphatic carbocycles. The zero-order chi connectivity index (χ0) is 12.3. The summed E-state index contributed by atoms with van der Waals surface area (Å²) in [5.74, 6) is -0.387. The Morgan fingerprint density at radius 1 is 1.12 bits per heavy atom. The Hall–Kier alpha value is -2.56. The zero-order valence-corrected chi connectivity index (χ0v) is 8.79. The predicted octanol–water partition coefficient (Wildman–Crippen LogP) is 1.75. The molecule has 1 aromatic heterocycles. The Kier molecular flexibility index (Phi) is 2.91. The van der Waals surface area contributed by atoms with Crippen LogP contribution in [0.5, 0.6) is 11.5 Å². The van der Waals surface area contributed by atoms with Gasteiger partial charge < -0.3 is 15.5 Å². The fourth-order valence-corrected chi connectivity index (χ4v) is 1.35. The summed E-state index contributed by atoms with van der Waals surface area (Å²) in [6, 6.07) is 8.78. The first kappa shape index (κ1) is 10.9. The minimum atomic E-state index is -0.449. The molecule has 0 bridgehead atoms. The van der Waals surface area contributed by atoms with Crippen LogP contribution in [0.3, 0.4) is 0 Å². The number of phenolic OH excluding ortho intramolecular Hbond substituents is 2. The summed E-state index contributed by atoms with van der Waals surface area (Å²) >= 11 is 0. The van der Waals surface area contributed by atoms with E-state index in [1.165, 1.54) is 12.1 Å². The average Bonchev–Trinajstić information content (AvgIpc) is 2.29. The smallest absolute Gasteiger partial charge is 0.257 e. The lowest BCUT2D eigenvalue weighted by molar-refractivity contribution is 0.102. The van der Waals surface area contributed by atoms with Crippen LogP contribution in [-0.2, 0) is 0 Å². The molecule has 0 radical (unpaired) electrons. The maximum Gasteiger partial charge on any atom is 0.257 e. The third kappa shape index (κ3) is 2.72. The van der Waals surface area contributed by atoms with E-state index < -0.39 is 5.91 Å². The molecule has 0 fully saturated rings. The molecular weight excluding hydrogens is 220 g/mol. The van der Waals surface area contributed by atoms with Crippen LogP contribution in [0.25, 0.3) is 0 Å². The molecule has 86 valence electrons. The number of aromatic hydroxyl groups is 2. The molecule has 3 N–H and O–H groups in total. The molecule has 0 atom stereocenters. The first-order valence-corrected chi connectivity index (χ1v) is 4.90. The van der Waals surface area contributed by atoms with E-state index in [0.29, 0.717) is 5.82 Å². The van der Waals surface area contributed by atoms with Crippen LogP contribution in [0.1, 0.15) is 10.4 Å². The highest BCUT2D eigenvalue weighted by molar-refractivity contribution is 6.04. The van der Waals surface area contributed by atoms with Crippen molar-refractivity contribution in [3.05, 3.63) is 48.2 Å². The van der Waals surface area contributed by atoms with Gasteiger partial charge in [-0.3, -0.25) is 4.79 Å². The summed E-state index contributed by atoms with van der Waals surface area (Å²) in [4.78, 5) is 15.7. The second-order valence-corrected chi connectivity index (χ2v) is 3.41. The number of phenols is 2. The van der Waals surface area contributed by atoms with Crippen molar-refractivity contribution >= 4 is 11.7 Å². The number of hydrogen-bond acceptors (Lipinski definition) is 4. The molecule has 1 heterocycles. The van der Waals surface area contributed by atoms with Crippen LogP contribution in [-0.4, -0.2) is 21.1 Å². The van der Waals surface area contributed by atoms with E-state index in [0.717, 1.165) is 6.07 Å². The maximum atomic E-state index is 11.7. The van der Waals surface area contributed by atoms with E-state index in [1.54, 1.807) is 24.4 Å². The number of nitrogens with one attached hydrogen (secondary N) is 1. The van der Waals surface area contributed by atoms with Gasteiger partial charge in [0.05, 0.1) is 0 Å². The number of pyridine rings is 1. The van der Waals surface area contributed by atoms with Crippen LogP contribution < -0.4 is 5.32 Å². The summed E-state index contributed by atoms with van der Waals surface area (Å²) in [5, 5.41) is 21.0. The van der Waals surface area contributed by atoms with Gasteiger partial charge in [-0.15, -0.1) is 0 Å². The van der Waals surface area contributed by atoms with Crippen LogP contribution in [0, 0.1) is 0 Å². The highest BCUT2D eigenvalue weighted by atomic mass is 16.3.